The van der Waals surface area contributed by atoms with E-state index in [1.165, 1.54) is 6.07 Å². The Hall–Kier alpha value is -4.03. The van der Waals surface area contributed by atoms with Gasteiger partial charge < -0.3 is 31.7 Å². The van der Waals surface area contributed by atoms with Gasteiger partial charge in [0.1, 0.15) is 11.9 Å². The van der Waals surface area contributed by atoms with Gasteiger partial charge in [-0.05, 0) is 43.2 Å². The van der Waals surface area contributed by atoms with Gasteiger partial charge in [0.15, 0.2) is 11.6 Å². The smallest absolute Gasteiger partial charge is 0.326 e. The summed E-state index contributed by atoms with van der Waals surface area (Å²) in [6, 6.07) is 0.727. The molecule has 1 unspecified atom stereocenters. The van der Waals surface area contributed by atoms with Gasteiger partial charge in [0.25, 0.3) is 5.91 Å². The molecule has 11 nitrogen and oxygen atoms in total. The van der Waals surface area contributed by atoms with Gasteiger partial charge in [0.05, 0.1) is 11.1 Å². The largest absolute Gasteiger partial charge is 0.493 e. The highest BCUT2D eigenvalue weighted by atomic mass is 19.2. The zero-order chi connectivity index (χ0) is 25.0. The number of aryl methyl sites for hydroxylation is 1. The van der Waals surface area contributed by atoms with Crippen molar-refractivity contribution in [2.75, 3.05) is 17.6 Å². The van der Waals surface area contributed by atoms with Crippen LogP contribution in [0, 0.1) is 17.6 Å². The van der Waals surface area contributed by atoms with Crippen LogP contribution in [0.2, 0.25) is 0 Å². The molecule has 3 rings (SSSR count). The number of hydrogen-bond acceptors (Lipinski definition) is 8. The zero-order valence-electron chi connectivity index (χ0n) is 17.8. The summed E-state index contributed by atoms with van der Waals surface area (Å²) in [5.74, 6) is -6.49. The molecular weight excluding hydrogens is 456 g/mol. The fourth-order valence-electron chi connectivity index (χ4n) is 3.71. The number of anilines is 2. The van der Waals surface area contributed by atoms with E-state index >= 15 is 0 Å². The van der Waals surface area contributed by atoms with Gasteiger partial charge in [-0.3, -0.25) is 9.59 Å². The van der Waals surface area contributed by atoms with E-state index in [1.54, 1.807) is 0 Å². The Morgan fingerprint density at radius 2 is 1.94 bits per heavy atom. The molecule has 1 amide bonds. The zero-order valence-corrected chi connectivity index (χ0v) is 17.8. The topological polar surface area (TPSA) is 188 Å². The Kier molecular flexibility index (Phi) is 7.44. The lowest BCUT2D eigenvalue weighted by atomic mass is 9.90. The molecule has 0 saturated heterocycles. The van der Waals surface area contributed by atoms with E-state index < -0.39 is 53.9 Å². The minimum atomic E-state index is -1.57. The molecule has 2 heterocycles. The maximum Gasteiger partial charge on any atom is 0.326 e. The van der Waals surface area contributed by atoms with E-state index in [0.29, 0.717) is 30.8 Å². The number of carboxylic acids is 2. The molecule has 13 heteroatoms. The predicted octanol–water partition coefficient (Wildman–Crippen LogP) is 1.31. The second kappa shape index (κ2) is 10.3. The number of aliphatic carboxylic acids is 2. The number of carbonyl (C=O) groups is 3. The molecule has 1 aliphatic heterocycles. The maximum atomic E-state index is 14.6. The molecule has 1 aromatic carbocycles. The summed E-state index contributed by atoms with van der Waals surface area (Å²) in [6.07, 6.45) is 0.0365. The molecule has 2 atom stereocenters. The minimum Gasteiger partial charge on any atom is -0.493 e. The number of carboxylic acid groups (broad SMARTS) is 2. The third kappa shape index (κ3) is 5.66. The number of amides is 1. The number of halogens is 2. The first-order chi connectivity index (χ1) is 16.1. The fraction of sp³-hybridized carbons (Fsp3) is 0.381. The number of nitrogens with one attached hydrogen (secondary N) is 2. The molecule has 2 aromatic rings. The molecule has 34 heavy (non-hydrogen) atoms. The molecule has 0 fully saturated rings. The standard InChI is InChI=1S/C21H23F2N5O6/c22-15-10(2-1-9-7-12-17(25-8-9)27-21(24)28-19(12)32)3-4-11(16(15)23)18(31)26-13(20(33)34)5-6-14(29)30/h3-4,9,13H,1-2,5-8H2,(H,26,31)(H,29,30)(H,33,34)(H4,24,25,27,28,32)/t9?,13-/m0/s1. The van der Waals surface area contributed by atoms with Crippen molar-refractivity contribution in [2.45, 2.75) is 38.1 Å². The van der Waals surface area contributed by atoms with Crippen LogP contribution in [0.3, 0.4) is 0 Å². The van der Waals surface area contributed by atoms with E-state index in [0.717, 1.165) is 6.07 Å². The number of rotatable bonds is 9. The van der Waals surface area contributed by atoms with Crippen molar-refractivity contribution in [3.05, 3.63) is 40.5 Å². The van der Waals surface area contributed by atoms with Crippen LogP contribution in [0.4, 0.5) is 20.5 Å². The van der Waals surface area contributed by atoms with Crippen LogP contribution in [-0.2, 0) is 22.4 Å². The number of nitrogens with zero attached hydrogens (tertiary/aromatic N) is 2. The van der Waals surface area contributed by atoms with E-state index in [1.807, 2.05) is 5.32 Å². The van der Waals surface area contributed by atoms with Gasteiger partial charge in [-0.1, -0.05) is 6.07 Å². The Balaban J connectivity index is 1.65. The molecular formula is C21H23F2N5O6. The second-order valence-electron chi connectivity index (χ2n) is 7.92. The number of aromatic hydroxyl groups is 1. The van der Waals surface area contributed by atoms with Crippen molar-refractivity contribution < 1.29 is 38.5 Å². The Morgan fingerprint density at radius 3 is 2.62 bits per heavy atom. The van der Waals surface area contributed by atoms with E-state index in [2.05, 4.69) is 15.3 Å². The molecule has 182 valence electrons. The third-order valence-corrected chi connectivity index (χ3v) is 5.53. The lowest BCUT2D eigenvalue weighted by Gasteiger charge is -2.25. The number of nitrogen functional groups attached to an aromatic ring is 1. The van der Waals surface area contributed by atoms with Gasteiger partial charge in [0.2, 0.25) is 11.8 Å². The highest BCUT2D eigenvalue weighted by molar-refractivity contribution is 5.97. The molecule has 0 aliphatic carbocycles. The first kappa shape index (κ1) is 24.6. The average molecular weight is 479 g/mol. The molecule has 0 spiro atoms. The number of fused-ring (bicyclic) bond motifs is 1. The summed E-state index contributed by atoms with van der Waals surface area (Å²) in [4.78, 5) is 41.9. The van der Waals surface area contributed by atoms with Crippen LogP contribution in [0.1, 0.15) is 40.7 Å². The summed E-state index contributed by atoms with van der Waals surface area (Å²) in [5, 5.41) is 32.8. The van der Waals surface area contributed by atoms with Crippen LogP contribution in [0.5, 0.6) is 5.88 Å². The van der Waals surface area contributed by atoms with Crippen LogP contribution in [0.15, 0.2) is 12.1 Å². The van der Waals surface area contributed by atoms with Crippen molar-refractivity contribution in [3.8, 4) is 5.88 Å². The minimum absolute atomic E-state index is 0.0262. The van der Waals surface area contributed by atoms with Gasteiger partial charge in [0, 0.05) is 13.0 Å². The van der Waals surface area contributed by atoms with Gasteiger partial charge in [-0.25, -0.2) is 13.6 Å². The predicted molar refractivity (Wildman–Crippen MR) is 114 cm³/mol. The lowest BCUT2D eigenvalue weighted by Crippen LogP contribution is -2.41. The summed E-state index contributed by atoms with van der Waals surface area (Å²) >= 11 is 0. The fourth-order valence-corrected chi connectivity index (χ4v) is 3.71. The Morgan fingerprint density at radius 1 is 1.21 bits per heavy atom. The molecule has 0 bridgehead atoms. The maximum absolute atomic E-state index is 14.6. The monoisotopic (exact) mass is 479 g/mol. The first-order valence-electron chi connectivity index (χ1n) is 10.4. The number of nitrogens with two attached hydrogens (primary N) is 1. The third-order valence-electron chi connectivity index (χ3n) is 5.53. The molecule has 1 aliphatic rings. The summed E-state index contributed by atoms with van der Waals surface area (Å²) in [7, 11) is 0. The Labute approximate surface area is 192 Å². The first-order valence-corrected chi connectivity index (χ1v) is 10.4. The van der Waals surface area contributed by atoms with Gasteiger partial charge in [-0.2, -0.15) is 9.97 Å². The van der Waals surface area contributed by atoms with E-state index in [-0.39, 0.29) is 29.7 Å². The number of hydrogen-bond donors (Lipinski definition) is 6. The quantitative estimate of drug-likeness (QED) is 0.306. The van der Waals surface area contributed by atoms with Crippen LogP contribution in [-0.4, -0.2) is 55.7 Å². The van der Waals surface area contributed by atoms with Crippen molar-refractivity contribution in [2.24, 2.45) is 5.92 Å². The summed E-state index contributed by atoms with van der Waals surface area (Å²) < 4.78 is 29.2. The number of aromatic nitrogens is 2. The van der Waals surface area contributed by atoms with Crippen molar-refractivity contribution in [1.29, 1.82) is 0 Å². The van der Waals surface area contributed by atoms with Gasteiger partial charge in [-0.15, -0.1) is 0 Å². The molecule has 0 saturated carbocycles. The van der Waals surface area contributed by atoms with Crippen LogP contribution >= 0.6 is 0 Å². The highest BCUT2D eigenvalue weighted by Crippen LogP contribution is 2.31. The highest BCUT2D eigenvalue weighted by Gasteiger charge is 2.27. The normalized spacial score (nSPS) is 15.6. The molecule has 1 aromatic heterocycles. The van der Waals surface area contributed by atoms with Crippen molar-refractivity contribution >= 4 is 29.6 Å². The van der Waals surface area contributed by atoms with Crippen LogP contribution < -0.4 is 16.4 Å². The van der Waals surface area contributed by atoms with Gasteiger partial charge >= 0.3 is 11.9 Å². The van der Waals surface area contributed by atoms with Crippen molar-refractivity contribution in [3.63, 3.8) is 0 Å². The van der Waals surface area contributed by atoms with E-state index in [9.17, 15) is 28.3 Å². The van der Waals surface area contributed by atoms with E-state index in [4.69, 9.17) is 15.9 Å². The van der Waals surface area contributed by atoms with Crippen LogP contribution in [0.25, 0.3) is 0 Å². The van der Waals surface area contributed by atoms with Crippen molar-refractivity contribution in [1.82, 2.24) is 15.3 Å². The summed E-state index contributed by atoms with van der Waals surface area (Å²) in [6.45, 7) is 0.473. The second-order valence-corrected chi connectivity index (χ2v) is 7.92. The number of benzene rings is 1. The number of carbonyl (C=O) groups excluding carboxylic acids is 1. The summed E-state index contributed by atoms with van der Waals surface area (Å²) in [5.41, 5.74) is 5.33. The lowest BCUT2D eigenvalue weighted by molar-refractivity contribution is -0.140. The average Bonchev–Trinajstić information content (AvgIpc) is 2.77. The SMILES string of the molecule is Nc1nc(O)c2c(n1)NCC(CCc1ccc(C(=O)N[C@@H](CCC(=O)O)C(=O)O)c(F)c1F)C2. The molecule has 7 N–H and O–H groups in total. The Bertz CT molecular complexity index is 1130. The molecule has 0 radical (unpaired) electrons.